The lowest BCUT2D eigenvalue weighted by atomic mass is 10.1. The highest BCUT2D eigenvalue weighted by atomic mass is 16.6. The third-order valence-electron chi connectivity index (χ3n) is 3.98. The van der Waals surface area contributed by atoms with E-state index >= 15 is 0 Å². The molecule has 7 nitrogen and oxygen atoms in total. The summed E-state index contributed by atoms with van der Waals surface area (Å²) in [5.41, 5.74) is 0.955. The third-order valence-corrected chi connectivity index (χ3v) is 3.98. The minimum Gasteiger partial charge on any atom is -0.323 e. The van der Waals surface area contributed by atoms with E-state index in [9.17, 15) is 14.9 Å². The van der Waals surface area contributed by atoms with Gasteiger partial charge in [0, 0.05) is 25.7 Å². The van der Waals surface area contributed by atoms with Crippen molar-refractivity contribution in [2.24, 2.45) is 0 Å². The zero-order chi connectivity index (χ0) is 15.6. The molecule has 1 aliphatic heterocycles. The number of hydrogen-bond acceptors (Lipinski definition) is 4. The predicted octanol–water partition coefficient (Wildman–Crippen LogP) is 2.07. The van der Waals surface area contributed by atoms with Gasteiger partial charge in [-0.1, -0.05) is 6.07 Å². The van der Waals surface area contributed by atoms with Gasteiger partial charge in [0.2, 0.25) is 0 Å². The number of anilines is 1. The highest BCUT2D eigenvalue weighted by Crippen LogP contribution is 2.25. The van der Waals surface area contributed by atoms with E-state index in [0.717, 1.165) is 19.5 Å². The lowest BCUT2D eigenvalue weighted by Crippen LogP contribution is -2.41. The Kier molecular flexibility index (Phi) is 4.42. The number of amides is 2. The van der Waals surface area contributed by atoms with Crippen LogP contribution in [0, 0.1) is 17.0 Å². The topological polar surface area (TPSA) is 78.7 Å². The van der Waals surface area contributed by atoms with E-state index in [4.69, 9.17) is 0 Å². The van der Waals surface area contributed by atoms with E-state index in [2.05, 4.69) is 10.2 Å². The van der Waals surface area contributed by atoms with Crippen LogP contribution in [0.4, 0.5) is 16.2 Å². The van der Waals surface area contributed by atoms with E-state index in [1.807, 2.05) is 7.05 Å². The lowest BCUT2D eigenvalue weighted by molar-refractivity contribution is -0.385. The number of nitrogens with one attached hydrogen (secondary N) is 1. The summed E-state index contributed by atoms with van der Waals surface area (Å²) in [6.45, 7) is 3.45. The van der Waals surface area contributed by atoms with Gasteiger partial charge in [0.25, 0.3) is 5.69 Å². The number of hydrogen-bond donors (Lipinski definition) is 1. The number of urea groups is 1. The fraction of sp³-hybridized carbons (Fsp3) is 0.500. The normalized spacial score (nSPS) is 18.5. The van der Waals surface area contributed by atoms with E-state index in [-0.39, 0.29) is 17.8 Å². The number of carbonyl (C=O) groups excluding carboxylic acids is 1. The summed E-state index contributed by atoms with van der Waals surface area (Å²) >= 11 is 0. The van der Waals surface area contributed by atoms with Crippen molar-refractivity contribution >= 4 is 17.4 Å². The minimum atomic E-state index is -0.444. The molecule has 0 bridgehead atoms. The number of rotatable bonds is 3. The monoisotopic (exact) mass is 292 g/mol. The second-order valence-corrected chi connectivity index (χ2v) is 5.45. The predicted molar refractivity (Wildman–Crippen MR) is 80.5 cm³/mol. The Morgan fingerprint density at radius 1 is 1.52 bits per heavy atom. The van der Waals surface area contributed by atoms with Crippen LogP contribution in [0.25, 0.3) is 0 Å². The molecule has 1 aromatic carbocycles. The molecule has 2 rings (SSSR count). The first-order valence-electron chi connectivity index (χ1n) is 6.86. The maximum atomic E-state index is 12.3. The fourth-order valence-electron chi connectivity index (χ4n) is 2.55. The molecule has 1 aliphatic rings. The fourth-order valence-corrected chi connectivity index (χ4v) is 2.55. The number of likely N-dealkylation sites (tertiary alicyclic amines) is 1. The number of carbonyl (C=O) groups is 1. The van der Waals surface area contributed by atoms with Gasteiger partial charge in [0.15, 0.2) is 0 Å². The molecule has 0 aromatic heterocycles. The highest BCUT2D eigenvalue weighted by Gasteiger charge is 2.27. The smallest absolute Gasteiger partial charge is 0.321 e. The lowest BCUT2D eigenvalue weighted by Gasteiger charge is -2.25. The Hall–Kier alpha value is -2.15. The Bertz CT molecular complexity index is 561. The molecule has 7 heteroatoms. The number of nitro benzene ring substituents is 1. The Labute approximate surface area is 123 Å². The molecule has 1 saturated heterocycles. The summed E-state index contributed by atoms with van der Waals surface area (Å²) in [5.74, 6) is 0. The van der Waals surface area contributed by atoms with Crippen LogP contribution in [0.15, 0.2) is 18.2 Å². The van der Waals surface area contributed by atoms with Crippen LogP contribution in [-0.4, -0.2) is 54.0 Å². The molecule has 0 spiro atoms. The van der Waals surface area contributed by atoms with Crippen LogP contribution in [0.1, 0.15) is 12.0 Å². The van der Waals surface area contributed by atoms with Crippen molar-refractivity contribution in [2.75, 3.05) is 32.5 Å². The van der Waals surface area contributed by atoms with Gasteiger partial charge < -0.3 is 15.1 Å². The van der Waals surface area contributed by atoms with Gasteiger partial charge in [-0.2, -0.15) is 0 Å². The van der Waals surface area contributed by atoms with Crippen molar-refractivity contribution in [2.45, 2.75) is 19.4 Å². The van der Waals surface area contributed by atoms with E-state index in [0.29, 0.717) is 11.3 Å². The van der Waals surface area contributed by atoms with Crippen LogP contribution < -0.4 is 5.32 Å². The van der Waals surface area contributed by atoms with Crippen LogP contribution in [0.3, 0.4) is 0 Å². The van der Waals surface area contributed by atoms with Crippen LogP contribution >= 0.6 is 0 Å². The molecule has 1 fully saturated rings. The highest BCUT2D eigenvalue weighted by molar-refractivity contribution is 5.90. The maximum absolute atomic E-state index is 12.3. The Balaban J connectivity index is 2.09. The molecule has 0 saturated carbocycles. The summed E-state index contributed by atoms with van der Waals surface area (Å²) < 4.78 is 0. The van der Waals surface area contributed by atoms with Gasteiger partial charge in [-0.3, -0.25) is 10.1 Å². The first-order valence-corrected chi connectivity index (χ1v) is 6.86. The summed E-state index contributed by atoms with van der Waals surface area (Å²) in [4.78, 5) is 26.6. The number of likely N-dealkylation sites (N-methyl/N-ethyl adjacent to an activating group) is 2. The number of nitrogens with zero attached hydrogens (tertiary/aromatic N) is 3. The van der Waals surface area contributed by atoms with Gasteiger partial charge in [-0.15, -0.1) is 0 Å². The summed E-state index contributed by atoms with van der Waals surface area (Å²) in [5, 5.41) is 13.7. The van der Waals surface area contributed by atoms with Crippen molar-refractivity contribution in [1.82, 2.24) is 9.80 Å². The van der Waals surface area contributed by atoms with E-state index in [1.165, 1.54) is 6.07 Å². The molecule has 1 unspecified atom stereocenters. The quantitative estimate of drug-likeness (QED) is 0.683. The summed E-state index contributed by atoms with van der Waals surface area (Å²) in [7, 11) is 3.78. The molecular weight excluding hydrogens is 272 g/mol. The third kappa shape index (κ3) is 3.30. The first-order chi connectivity index (χ1) is 9.90. The molecule has 21 heavy (non-hydrogen) atoms. The Morgan fingerprint density at radius 2 is 2.24 bits per heavy atom. The van der Waals surface area contributed by atoms with Gasteiger partial charge in [0.05, 0.1) is 16.2 Å². The van der Waals surface area contributed by atoms with Crippen molar-refractivity contribution < 1.29 is 9.72 Å². The van der Waals surface area contributed by atoms with Crippen molar-refractivity contribution in [1.29, 1.82) is 0 Å². The van der Waals surface area contributed by atoms with Crippen LogP contribution in [0.2, 0.25) is 0 Å². The maximum Gasteiger partial charge on any atom is 0.321 e. The first kappa shape index (κ1) is 15.2. The molecule has 1 atom stereocenters. The SMILES string of the molecule is Cc1c(NC(=O)N(C)C2CCN(C)C2)cccc1[N+](=O)[O-]. The molecule has 1 N–H and O–H groups in total. The van der Waals surface area contributed by atoms with Crippen molar-refractivity contribution in [3.63, 3.8) is 0 Å². The van der Waals surface area contributed by atoms with Crippen molar-refractivity contribution in [3.8, 4) is 0 Å². The zero-order valence-electron chi connectivity index (χ0n) is 12.5. The summed E-state index contributed by atoms with van der Waals surface area (Å²) in [6, 6.07) is 4.62. The van der Waals surface area contributed by atoms with Crippen LogP contribution in [-0.2, 0) is 0 Å². The molecule has 0 radical (unpaired) electrons. The minimum absolute atomic E-state index is 0.0102. The van der Waals surface area contributed by atoms with Gasteiger partial charge in [-0.05, 0) is 33.0 Å². The second kappa shape index (κ2) is 6.09. The standard InChI is InChI=1S/C14H20N4O3/c1-10-12(5-4-6-13(10)18(20)21)15-14(19)17(3)11-7-8-16(2)9-11/h4-6,11H,7-9H2,1-3H3,(H,15,19). The average Bonchev–Trinajstić information content (AvgIpc) is 2.86. The Morgan fingerprint density at radius 3 is 2.81 bits per heavy atom. The van der Waals surface area contributed by atoms with Crippen molar-refractivity contribution in [3.05, 3.63) is 33.9 Å². The van der Waals surface area contributed by atoms with E-state index < -0.39 is 4.92 Å². The zero-order valence-corrected chi connectivity index (χ0v) is 12.5. The second-order valence-electron chi connectivity index (χ2n) is 5.45. The molecule has 1 aromatic rings. The van der Waals surface area contributed by atoms with Crippen LogP contribution in [0.5, 0.6) is 0 Å². The van der Waals surface area contributed by atoms with Gasteiger partial charge in [-0.25, -0.2) is 4.79 Å². The van der Waals surface area contributed by atoms with Gasteiger partial charge in [0.1, 0.15) is 0 Å². The molecule has 114 valence electrons. The number of nitro groups is 1. The summed E-state index contributed by atoms with van der Waals surface area (Å²) in [6.07, 6.45) is 0.939. The molecular formula is C14H20N4O3. The number of benzene rings is 1. The molecule has 2 amide bonds. The molecule has 0 aliphatic carbocycles. The molecule has 1 heterocycles. The largest absolute Gasteiger partial charge is 0.323 e. The van der Waals surface area contributed by atoms with E-state index in [1.54, 1.807) is 31.0 Å². The van der Waals surface area contributed by atoms with Gasteiger partial charge >= 0.3 is 6.03 Å². The average molecular weight is 292 g/mol.